The number of Topliss-reactive ketones (excluding diaryl/α,β-unsaturated/α-hetero) is 1. The molecule has 12 nitrogen and oxygen atoms in total. The number of hydrazine groups is 1. The summed E-state index contributed by atoms with van der Waals surface area (Å²) in [5.41, 5.74) is 7.25. The number of carbonyl (C=O) groups excluding carboxylic acids is 3. The maximum Gasteiger partial charge on any atom is 0.283 e. The van der Waals surface area contributed by atoms with Crippen molar-refractivity contribution in [1.29, 1.82) is 0 Å². The Bertz CT molecular complexity index is 1540. The van der Waals surface area contributed by atoms with Gasteiger partial charge in [-0.1, -0.05) is 18.3 Å². The first-order valence-electron chi connectivity index (χ1n) is 12.0. The molecular weight excluding hydrogens is 590 g/mol. The molecule has 5 rings (SSSR count). The van der Waals surface area contributed by atoms with Crippen LogP contribution in [0.15, 0.2) is 34.1 Å². The molecule has 2 aromatic heterocycles. The molecular formula is C25H26BrN7O5S. The fourth-order valence-corrected chi connectivity index (χ4v) is 6.13. The molecule has 0 spiro atoms. The third kappa shape index (κ3) is 4.78. The predicted molar refractivity (Wildman–Crippen MR) is 146 cm³/mol. The van der Waals surface area contributed by atoms with Crippen molar-refractivity contribution in [3.05, 3.63) is 55.8 Å². The van der Waals surface area contributed by atoms with Crippen LogP contribution < -0.4 is 25.6 Å². The van der Waals surface area contributed by atoms with Gasteiger partial charge in [0, 0.05) is 17.7 Å². The van der Waals surface area contributed by atoms with E-state index in [1.54, 1.807) is 24.8 Å². The van der Waals surface area contributed by atoms with Gasteiger partial charge in [-0.2, -0.15) is 5.10 Å². The first-order valence-corrected chi connectivity index (χ1v) is 13.5. The topological polar surface area (TPSA) is 149 Å². The second kappa shape index (κ2) is 10.1. The highest BCUT2D eigenvalue weighted by Crippen LogP contribution is 2.48. The summed E-state index contributed by atoms with van der Waals surface area (Å²) < 4.78 is 17.0. The third-order valence-corrected chi connectivity index (χ3v) is 8.08. The van der Waals surface area contributed by atoms with Gasteiger partial charge in [0.1, 0.15) is 22.3 Å². The fraction of sp³-hybridized carbons (Fsp3) is 0.360. The molecule has 0 fully saturated rings. The number of nitrogens with one attached hydrogen (secondary N) is 3. The van der Waals surface area contributed by atoms with E-state index in [-0.39, 0.29) is 16.8 Å². The van der Waals surface area contributed by atoms with Crippen LogP contribution in [-0.4, -0.2) is 51.2 Å². The minimum atomic E-state index is -0.627. The SMILES string of the molecule is COc1cc(C2C3=C(CC(C)(C)CC3=O)Nc3c(C(=O)NNC(=O)c4snnc4C)cnn32)cc(Br)c1OC. The van der Waals surface area contributed by atoms with Gasteiger partial charge in [-0.25, -0.2) is 4.68 Å². The van der Waals surface area contributed by atoms with Crippen LogP contribution in [0.3, 0.4) is 0 Å². The highest BCUT2D eigenvalue weighted by atomic mass is 79.9. The Hall–Kier alpha value is -3.78. The normalized spacial score (nSPS) is 17.6. The number of hydrogen-bond acceptors (Lipinski definition) is 10. The highest BCUT2D eigenvalue weighted by molar-refractivity contribution is 9.10. The first kappa shape index (κ1) is 26.8. The number of benzene rings is 1. The molecule has 1 aliphatic heterocycles. The zero-order chi connectivity index (χ0) is 28.1. The molecule has 39 heavy (non-hydrogen) atoms. The van der Waals surface area contributed by atoms with Crippen LogP contribution in [0, 0.1) is 12.3 Å². The largest absolute Gasteiger partial charge is 0.493 e. The van der Waals surface area contributed by atoms with Gasteiger partial charge in [0.2, 0.25) is 0 Å². The lowest BCUT2D eigenvalue weighted by molar-refractivity contribution is -0.118. The number of anilines is 1. The van der Waals surface area contributed by atoms with E-state index < -0.39 is 17.9 Å². The number of aryl methyl sites for hydroxylation is 1. The molecule has 1 aliphatic carbocycles. The van der Waals surface area contributed by atoms with E-state index >= 15 is 0 Å². The lowest BCUT2D eigenvalue weighted by Crippen LogP contribution is -2.42. The van der Waals surface area contributed by atoms with Crippen molar-refractivity contribution in [1.82, 2.24) is 30.2 Å². The van der Waals surface area contributed by atoms with E-state index in [4.69, 9.17) is 9.47 Å². The van der Waals surface area contributed by atoms with Crippen molar-refractivity contribution < 1.29 is 23.9 Å². The second-order valence-corrected chi connectivity index (χ2v) is 11.7. The Morgan fingerprint density at radius 2 is 1.92 bits per heavy atom. The molecule has 3 aromatic rings. The van der Waals surface area contributed by atoms with E-state index in [2.05, 4.69) is 46.8 Å². The number of ether oxygens (including phenoxy) is 2. The van der Waals surface area contributed by atoms with E-state index in [1.165, 1.54) is 13.3 Å². The standard InChI is InChI=1S/C25H26BrN7O5S/c1-11-21(39-32-29-11)24(36)31-30-23(35)13-10-27-33-19(12-6-14(26)20(38-5)17(7-12)37-4)18-15(28-22(13)33)8-25(2,3)9-16(18)34/h6-7,10,19,28H,8-9H2,1-5H3,(H,30,35)(H,31,36). The average Bonchev–Trinajstić information content (AvgIpc) is 3.50. The summed E-state index contributed by atoms with van der Waals surface area (Å²) in [6.07, 6.45) is 2.38. The Morgan fingerprint density at radius 1 is 1.18 bits per heavy atom. The summed E-state index contributed by atoms with van der Waals surface area (Å²) >= 11 is 4.48. The lowest BCUT2D eigenvalue weighted by atomic mass is 9.73. The minimum absolute atomic E-state index is 0.00221. The van der Waals surface area contributed by atoms with Crippen LogP contribution in [0.5, 0.6) is 11.5 Å². The summed E-state index contributed by atoms with van der Waals surface area (Å²) in [5, 5.41) is 11.6. The number of fused-ring (bicyclic) bond motifs is 1. The van der Waals surface area contributed by atoms with Gasteiger partial charge >= 0.3 is 0 Å². The zero-order valence-corrected chi connectivity index (χ0v) is 24.2. The van der Waals surface area contributed by atoms with Crippen LogP contribution in [0.1, 0.15) is 64.0 Å². The molecule has 0 saturated carbocycles. The molecule has 1 aromatic carbocycles. The molecule has 1 atom stereocenters. The first-order chi connectivity index (χ1) is 18.5. The third-order valence-electron chi connectivity index (χ3n) is 6.67. The van der Waals surface area contributed by atoms with Crippen molar-refractivity contribution in [2.75, 3.05) is 19.5 Å². The maximum atomic E-state index is 13.5. The number of nitrogens with zero attached hydrogens (tertiary/aromatic N) is 4. The maximum absolute atomic E-state index is 13.5. The monoisotopic (exact) mass is 615 g/mol. The molecule has 2 aliphatic rings. The summed E-state index contributed by atoms with van der Waals surface area (Å²) in [4.78, 5) is 39.5. The van der Waals surface area contributed by atoms with Crippen LogP contribution in [0.2, 0.25) is 0 Å². The lowest BCUT2D eigenvalue weighted by Gasteiger charge is -2.39. The number of methoxy groups -OCH3 is 2. The molecule has 204 valence electrons. The molecule has 2 amide bonds. The van der Waals surface area contributed by atoms with Crippen LogP contribution in [0.25, 0.3) is 0 Å². The number of allylic oxidation sites excluding steroid dienone is 2. The number of amides is 2. The summed E-state index contributed by atoms with van der Waals surface area (Å²) in [6, 6.07) is 3.03. The average molecular weight is 616 g/mol. The van der Waals surface area contributed by atoms with E-state index in [1.807, 2.05) is 19.9 Å². The summed E-state index contributed by atoms with van der Waals surface area (Å²) in [7, 11) is 3.08. The molecule has 0 radical (unpaired) electrons. The van der Waals surface area contributed by atoms with E-state index in [0.29, 0.717) is 50.8 Å². The van der Waals surface area contributed by atoms with Crippen LogP contribution >= 0.6 is 27.5 Å². The zero-order valence-electron chi connectivity index (χ0n) is 21.8. The number of rotatable bonds is 5. The van der Waals surface area contributed by atoms with Crippen molar-refractivity contribution in [2.45, 2.75) is 39.7 Å². The van der Waals surface area contributed by atoms with Crippen molar-refractivity contribution in [3.63, 3.8) is 0 Å². The highest BCUT2D eigenvalue weighted by Gasteiger charge is 2.42. The molecule has 3 heterocycles. The fourth-order valence-electron chi connectivity index (χ4n) is 4.96. The van der Waals surface area contributed by atoms with Crippen molar-refractivity contribution >= 4 is 50.9 Å². The van der Waals surface area contributed by atoms with E-state index in [0.717, 1.165) is 22.8 Å². The number of halogens is 1. The van der Waals surface area contributed by atoms with Gasteiger partial charge in [0.15, 0.2) is 17.3 Å². The number of carbonyl (C=O) groups is 3. The smallest absolute Gasteiger partial charge is 0.283 e. The van der Waals surface area contributed by atoms with Gasteiger partial charge in [-0.05, 0) is 63.9 Å². The predicted octanol–water partition coefficient (Wildman–Crippen LogP) is 3.56. The van der Waals surface area contributed by atoms with Crippen LogP contribution in [0.4, 0.5) is 5.82 Å². The number of hydrogen-bond donors (Lipinski definition) is 3. The molecule has 0 saturated heterocycles. The molecule has 14 heteroatoms. The van der Waals surface area contributed by atoms with Crippen molar-refractivity contribution in [2.24, 2.45) is 5.41 Å². The quantitative estimate of drug-likeness (QED) is 0.366. The van der Waals surface area contributed by atoms with Crippen molar-refractivity contribution in [3.8, 4) is 11.5 Å². The summed E-state index contributed by atoms with van der Waals surface area (Å²) in [5.74, 6) is 0.291. The van der Waals surface area contributed by atoms with Gasteiger partial charge in [0.05, 0.1) is 30.6 Å². The van der Waals surface area contributed by atoms with Gasteiger partial charge in [0.25, 0.3) is 11.8 Å². The Morgan fingerprint density at radius 3 is 2.59 bits per heavy atom. The van der Waals surface area contributed by atoms with Gasteiger partial charge in [-0.15, -0.1) is 5.10 Å². The van der Waals surface area contributed by atoms with Crippen LogP contribution in [-0.2, 0) is 4.79 Å². The second-order valence-electron chi connectivity index (χ2n) is 10.0. The molecule has 0 bridgehead atoms. The molecule has 1 unspecified atom stereocenters. The molecule has 3 N–H and O–H groups in total. The Kier molecular flexibility index (Phi) is 6.93. The van der Waals surface area contributed by atoms with Gasteiger partial charge < -0.3 is 14.8 Å². The minimum Gasteiger partial charge on any atom is -0.493 e. The number of ketones is 1. The summed E-state index contributed by atoms with van der Waals surface area (Å²) in [6.45, 7) is 5.72. The van der Waals surface area contributed by atoms with Gasteiger partial charge in [-0.3, -0.25) is 25.2 Å². The number of aromatic nitrogens is 4. The van der Waals surface area contributed by atoms with E-state index in [9.17, 15) is 14.4 Å². The Labute approximate surface area is 236 Å². The Balaban J connectivity index is 1.55.